The van der Waals surface area contributed by atoms with Crippen LogP contribution in [0, 0.1) is 0 Å². The van der Waals surface area contributed by atoms with E-state index in [2.05, 4.69) is 11.0 Å². The van der Waals surface area contributed by atoms with E-state index in [0.29, 0.717) is 23.5 Å². The molecule has 1 aromatic rings. The molecule has 0 unspecified atom stereocenters. The fourth-order valence-corrected chi connectivity index (χ4v) is 5.37. The standard InChI is InChI=1S/C15H24N2O2S2/c1-3-12-6-7-13(16)10-14(12)21(18,19)17-11-15(20-2)8-4-5-9-15/h6-7,10,17H,3-5,8-9,11,16H2,1-2H3. The Kier molecular flexibility index (Phi) is 5.22. The number of rotatable bonds is 6. The summed E-state index contributed by atoms with van der Waals surface area (Å²) in [5, 5.41) is 0. The number of anilines is 1. The van der Waals surface area contributed by atoms with Crippen molar-refractivity contribution in [3.63, 3.8) is 0 Å². The van der Waals surface area contributed by atoms with Gasteiger partial charge >= 0.3 is 0 Å². The van der Waals surface area contributed by atoms with Crippen LogP contribution in [-0.2, 0) is 16.4 Å². The molecule has 21 heavy (non-hydrogen) atoms. The van der Waals surface area contributed by atoms with Crippen LogP contribution in [-0.4, -0.2) is 26.0 Å². The lowest BCUT2D eigenvalue weighted by molar-refractivity contribution is 0.550. The minimum atomic E-state index is -3.50. The number of thioether (sulfide) groups is 1. The second kappa shape index (κ2) is 6.58. The van der Waals surface area contributed by atoms with Gasteiger partial charge in [0.25, 0.3) is 0 Å². The molecule has 0 heterocycles. The first-order valence-corrected chi connectivity index (χ1v) is 10.1. The number of hydrogen-bond acceptors (Lipinski definition) is 4. The predicted molar refractivity (Wildman–Crippen MR) is 90.1 cm³/mol. The molecular weight excluding hydrogens is 304 g/mol. The van der Waals surface area contributed by atoms with Crippen molar-refractivity contribution in [3.05, 3.63) is 23.8 Å². The molecule has 118 valence electrons. The molecule has 1 saturated carbocycles. The highest BCUT2D eigenvalue weighted by atomic mass is 32.2. The lowest BCUT2D eigenvalue weighted by atomic mass is 10.1. The molecule has 1 aliphatic carbocycles. The Morgan fingerprint density at radius 2 is 2.00 bits per heavy atom. The van der Waals surface area contributed by atoms with Crippen LogP contribution in [0.5, 0.6) is 0 Å². The fourth-order valence-electron chi connectivity index (χ4n) is 2.89. The van der Waals surface area contributed by atoms with Crippen LogP contribution >= 0.6 is 11.8 Å². The number of nitrogen functional groups attached to an aromatic ring is 1. The highest BCUT2D eigenvalue weighted by Crippen LogP contribution is 2.39. The minimum Gasteiger partial charge on any atom is -0.399 e. The van der Waals surface area contributed by atoms with E-state index in [1.807, 2.05) is 6.92 Å². The highest BCUT2D eigenvalue weighted by Gasteiger charge is 2.34. The lowest BCUT2D eigenvalue weighted by Gasteiger charge is -2.27. The highest BCUT2D eigenvalue weighted by molar-refractivity contribution is 8.00. The summed E-state index contributed by atoms with van der Waals surface area (Å²) in [5.41, 5.74) is 7.04. The molecule has 1 aliphatic rings. The third-order valence-corrected chi connectivity index (χ3v) is 7.20. The van der Waals surface area contributed by atoms with Crippen molar-refractivity contribution in [1.82, 2.24) is 4.72 Å². The van der Waals surface area contributed by atoms with Crippen LogP contribution in [0.1, 0.15) is 38.2 Å². The SMILES string of the molecule is CCc1ccc(N)cc1S(=O)(=O)NCC1(SC)CCCC1. The third kappa shape index (κ3) is 3.73. The quantitative estimate of drug-likeness (QED) is 0.788. The van der Waals surface area contributed by atoms with Crippen LogP contribution in [0.2, 0.25) is 0 Å². The first-order valence-electron chi connectivity index (χ1n) is 7.36. The average molecular weight is 329 g/mol. The van der Waals surface area contributed by atoms with Gasteiger partial charge in [0.1, 0.15) is 0 Å². The van der Waals surface area contributed by atoms with Crippen LogP contribution in [0.15, 0.2) is 23.1 Å². The third-order valence-electron chi connectivity index (χ3n) is 4.29. The van der Waals surface area contributed by atoms with Gasteiger partial charge in [0, 0.05) is 17.0 Å². The Morgan fingerprint density at radius 1 is 1.33 bits per heavy atom. The maximum atomic E-state index is 12.6. The predicted octanol–water partition coefficient (Wildman–Crippen LogP) is 2.79. The summed E-state index contributed by atoms with van der Waals surface area (Å²) in [6, 6.07) is 5.10. The Morgan fingerprint density at radius 3 is 2.57 bits per heavy atom. The summed E-state index contributed by atoms with van der Waals surface area (Å²) >= 11 is 1.78. The van der Waals surface area contributed by atoms with Gasteiger partial charge in [0.2, 0.25) is 10.0 Å². The number of hydrogen-bond donors (Lipinski definition) is 2. The second-order valence-electron chi connectivity index (χ2n) is 5.64. The molecule has 0 aromatic heterocycles. The van der Waals surface area contributed by atoms with Crippen molar-refractivity contribution in [1.29, 1.82) is 0 Å². The summed E-state index contributed by atoms with van der Waals surface area (Å²) in [5.74, 6) is 0. The van der Waals surface area contributed by atoms with Gasteiger partial charge in [-0.2, -0.15) is 11.8 Å². The van der Waals surface area contributed by atoms with Crippen molar-refractivity contribution in [2.45, 2.75) is 48.7 Å². The van der Waals surface area contributed by atoms with Gasteiger partial charge in [0.15, 0.2) is 0 Å². The van der Waals surface area contributed by atoms with Gasteiger partial charge in [0.05, 0.1) is 4.90 Å². The normalized spacial score (nSPS) is 18.0. The molecular formula is C15H24N2O2S2. The molecule has 0 saturated heterocycles. The number of aryl methyl sites for hydroxylation is 1. The zero-order valence-electron chi connectivity index (χ0n) is 12.7. The molecule has 3 N–H and O–H groups in total. The fraction of sp³-hybridized carbons (Fsp3) is 0.600. The van der Waals surface area contributed by atoms with E-state index in [1.165, 1.54) is 12.8 Å². The number of nitrogens with one attached hydrogen (secondary N) is 1. The van der Waals surface area contributed by atoms with Gasteiger partial charge in [-0.1, -0.05) is 25.8 Å². The Bertz CT molecular complexity index is 594. The number of benzene rings is 1. The largest absolute Gasteiger partial charge is 0.399 e. The van der Waals surface area contributed by atoms with Crippen molar-refractivity contribution < 1.29 is 8.42 Å². The van der Waals surface area contributed by atoms with E-state index < -0.39 is 10.0 Å². The van der Waals surface area contributed by atoms with Crippen LogP contribution < -0.4 is 10.5 Å². The molecule has 6 heteroatoms. The Balaban J connectivity index is 2.20. The minimum absolute atomic E-state index is 0.0553. The van der Waals surface area contributed by atoms with E-state index in [0.717, 1.165) is 18.4 Å². The topological polar surface area (TPSA) is 72.2 Å². The van der Waals surface area contributed by atoms with E-state index in [-0.39, 0.29) is 4.75 Å². The summed E-state index contributed by atoms with van der Waals surface area (Å²) in [6.07, 6.45) is 7.26. The Labute approximate surface area is 131 Å². The zero-order valence-corrected chi connectivity index (χ0v) is 14.3. The second-order valence-corrected chi connectivity index (χ2v) is 8.65. The zero-order chi connectivity index (χ0) is 15.5. The van der Waals surface area contributed by atoms with Gasteiger partial charge in [-0.05, 0) is 43.2 Å². The van der Waals surface area contributed by atoms with E-state index in [4.69, 9.17) is 5.73 Å². The number of sulfonamides is 1. The molecule has 1 aromatic carbocycles. The van der Waals surface area contributed by atoms with Crippen LogP contribution in [0.3, 0.4) is 0 Å². The van der Waals surface area contributed by atoms with E-state index in [1.54, 1.807) is 30.0 Å². The first kappa shape index (κ1) is 16.6. The Hall–Kier alpha value is -0.720. The smallest absolute Gasteiger partial charge is 0.240 e. The molecule has 1 fully saturated rings. The molecule has 0 atom stereocenters. The molecule has 0 bridgehead atoms. The molecule has 2 rings (SSSR count). The van der Waals surface area contributed by atoms with E-state index >= 15 is 0 Å². The van der Waals surface area contributed by atoms with Crippen LogP contribution in [0.25, 0.3) is 0 Å². The van der Waals surface area contributed by atoms with Gasteiger partial charge in [-0.3, -0.25) is 0 Å². The van der Waals surface area contributed by atoms with E-state index in [9.17, 15) is 8.42 Å². The maximum Gasteiger partial charge on any atom is 0.240 e. The van der Waals surface area contributed by atoms with Crippen molar-refractivity contribution in [2.24, 2.45) is 0 Å². The molecule has 0 amide bonds. The van der Waals surface area contributed by atoms with Crippen molar-refractivity contribution in [3.8, 4) is 0 Å². The summed E-state index contributed by atoms with van der Waals surface area (Å²) in [7, 11) is -3.50. The van der Waals surface area contributed by atoms with Crippen LogP contribution in [0.4, 0.5) is 5.69 Å². The number of nitrogens with two attached hydrogens (primary N) is 1. The summed E-state index contributed by atoms with van der Waals surface area (Å²) in [4.78, 5) is 0.319. The maximum absolute atomic E-state index is 12.6. The first-order chi connectivity index (χ1) is 9.92. The molecule has 0 spiro atoms. The summed E-state index contributed by atoms with van der Waals surface area (Å²) in [6.45, 7) is 2.44. The summed E-state index contributed by atoms with van der Waals surface area (Å²) < 4.78 is 28.1. The molecule has 0 radical (unpaired) electrons. The van der Waals surface area contributed by atoms with Gasteiger partial charge in [-0.15, -0.1) is 0 Å². The van der Waals surface area contributed by atoms with Crippen molar-refractivity contribution in [2.75, 3.05) is 18.5 Å². The van der Waals surface area contributed by atoms with Gasteiger partial charge < -0.3 is 5.73 Å². The van der Waals surface area contributed by atoms with Gasteiger partial charge in [-0.25, -0.2) is 13.1 Å². The monoisotopic (exact) mass is 328 g/mol. The lowest BCUT2D eigenvalue weighted by Crippen LogP contribution is -2.38. The van der Waals surface area contributed by atoms with Crippen molar-refractivity contribution >= 4 is 27.5 Å². The molecule has 4 nitrogen and oxygen atoms in total. The average Bonchev–Trinajstić information content (AvgIpc) is 2.95. The molecule has 0 aliphatic heterocycles.